The van der Waals surface area contributed by atoms with E-state index in [-0.39, 0.29) is 43.3 Å². The van der Waals surface area contributed by atoms with Crippen LogP contribution in [0.4, 0.5) is 0 Å². The van der Waals surface area contributed by atoms with Crippen molar-refractivity contribution in [2.75, 3.05) is 26.3 Å². The van der Waals surface area contributed by atoms with Crippen molar-refractivity contribution in [1.29, 1.82) is 0 Å². The summed E-state index contributed by atoms with van der Waals surface area (Å²) in [6, 6.07) is 0. The first-order valence-corrected chi connectivity index (χ1v) is 23.4. The number of ether oxygens (including phenoxy) is 2. The highest BCUT2D eigenvalue weighted by Gasteiger charge is 2.19. The van der Waals surface area contributed by atoms with Crippen molar-refractivity contribution in [1.82, 2.24) is 10.6 Å². The number of unbranched alkanes of at least 4 members (excludes halogenated alkanes) is 21. The Bertz CT molecular complexity index is 878. The molecule has 0 fully saturated rings. The Hall–Kier alpha value is -2.05. The van der Waals surface area contributed by atoms with E-state index in [1.807, 2.05) is 0 Å². The number of carbonyl (C=O) groups is 3. The topological polar surface area (TPSA) is 93.7 Å². The largest absolute Gasteiger partial charge is 0.498 e. The summed E-state index contributed by atoms with van der Waals surface area (Å²) in [5.74, 6) is 1.05. The van der Waals surface area contributed by atoms with Crippen LogP contribution in [0.25, 0.3) is 0 Å². The molecule has 0 rings (SSSR count). The third-order valence-corrected chi connectivity index (χ3v) is 10.8. The van der Waals surface area contributed by atoms with Gasteiger partial charge in [-0.3, -0.25) is 14.4 Å². The molecule has 2 amide bonds. The molecule has 0 spiro atoms. The summed E-state index contributed by atoms with van der Waals surface area (Å²) in [6.07, 6.45) is 36.6. The highest BCUT2D eigenvalue weighted by Crippen LogP contribution is 2.26. The Balaban J connectivity index is 4.00. The molecule has 0 aliphatic heterocycles. The van der Waals surface area contributed by atoms with Gasteiger partial charge in [0.1, 0.15) is 0 Å². The Labute approximate surface area is 335 Å². The van der Waals surface area contributed by atoms with Crippen LogP contribution >= 0.6 is 0 Å². The summed E-state index contributed by atoms with van der Waals surface area (Å²) in [5, 5.41) is 5.62. The summed E-state index contributed by atoms with van der Waals surface area (Å²) in [6.45, 7) is 15.0. The number of carbonyl (C=O) groups excluding carboxylic acids is 3. The average molecular weight is 763 g/mol. The minimum atomic E-state index is -0.183. The number of nitrogens with one attached hydrogen (secondary N) is 2. The van der Waals surface area contributed by atoms with Crippen LogP contribution in [0.15, 0.2) is 12.3 Å². The molecule has 0 aromatic heterocycles. The second-order valence-electron chi connectivity index (χ2n) is 16.0. The van der Waals surface area contributed by atoms with E-state index in [4.69, 9.17) is 9.47 Å². The number of hydrogen-bond donors (Lipinski definition) is 2. The van der Waals surface area contributed by atoms with Gasteiger partial charge in [-0.1, -0.05) is 188 Å². The van der Waals surface area contributed by atoms with Crippen molar-refractivity contribution in [3.8, 4) is 0 Å². The Morgan fingerprint density at radius 1 is 0.444 bits per heavy atom. The Morgan fingerprint density at radius 3 is 1.37 bits per heavy atom. The quantitative estimate of drug-likeness (QED) is 0.0367. The van der Waals surface area contributed by atoms with Crippen molar-refractivity contribution in [3.05, 3.63) is 12.3 Å². The third kappa shape index (κ3) is 34.4. The van der Waals surface area contributed by atoms with Crippen LogP contribution in [0, 0.1) is 11.8 Å². The fraction of sp³-hybridized carbons (Fsp3) is 0.894. The van der Waals surface area contributed by atoms with Crippen LogP contribution in [0.5, 0.6) is 0 Å². The molecule has 54 heavy (non-hydrogen) atoms. The molecule has 318 valence electrons. The Morgan fingerprint density at radius 2 is 0.852 bits per heavy atom. The molecule has 7 nitrogen and oxygen atoms in total. The maximum absolute atomic E-state index is 12.8. The van der Waals surface area contributed by atoms with Crippen LogP contribution < -0.4 is 10.6 Å². The van der Waals surface area contributed by atoms with Gasteiger partial charge >= 0.3 is 5.97 Å². The monoisotopic (exact) mass is 763 g/mol. The smallest absolute Gasteiger partial charge is 0.308 e. The zero-order chi connectivity index (χ0) is 39.7. The van der Waals surface area contributed by atoms with Gasteiger partial charge < -0.3 is 20.1 Å². The molecule has 0 aromatic carbocycles. The molecule has 7 heteroatoms. The lowest BCUT2D eigenvalue weighted by molar-refractivity contribution is -0.149. The first-order chi connectivity index (χ1) is 26.4. The Kier molecular flexibility index (Phi) is 39.1. The van der Waals surface area contributed by atoms with Crippen LogP contribution in [0.3, 0.4) is 0 Å². The van der Waals surface area contributed by atoms with Gasteiger partial charge in [0.05, 0.1) is 31.4 Å². The zero-order valence-electron chi connectivity index (χ0n) is 36.4. The number of hydrogen-bond acceptors (Lipinski definition) is 5. The van der Waals surface area contributed by atoms with Crippen molar-refractivity contribution in [2.45, 2.75) is 233 Å². The minimum absolute atomic E-state index is 0.0133. The molecule has 0 heterocycles. The van der Waals surface area contributed by atoms with Gasteiger partial charge in [-0.25, -0.2) is 0 Å². The molecule has 2 N–H and O–H groups in total. The van der Waals surface area contributed by atoms with Crippen LogP contribution in [-0.2, 0) is 23.9 Å². The summed E-state index contributed by atoms with van der Waals surface area (Å²) in [5.41, 5.74) is 0. The summed E-state index contributed by atoms with van der Waals surface area (Å²) < 4.78 is 11.8. The fourth-order valence-corrected chi connectivity index (χ4v) is 7.16. The number of rotatable bonds is 42. The van der Waals surface area contributed by atoms with Gasteiger partial charge in [-0.05, 0) is 44.9 Å². The molecule has 0 bridgehead atoms. The molecule has 0 aliphatic rings. The van der Waals surface area contributed by atoms with Crippen molar-refractivity contribution < 1.29 is 23.9 Å². The number of allylic oxidation sites excluding steroid dienone is 1. The van der Waals surface area contributed by atoms with E-state index < -0.39 is 0 Å². The predicted octanol–water partition coefficient (Wildman–Crippen LogP) is 13.1. The average Bonchev–Trinajstić information content (AvgIpc) is 3.17. The van der Waals surface area contributed by atoms with Crippen molar-refractivity contribution >= 4 is 17.8 Å². The second-order valence-corrected chi connectivity index (χ2v) is 16.0. The van der Waals surface area contributed by atoms with Gasteiger partial charge in [-0.2, -0.15) is 0 Å². The summed E-state index contributed by atoms with van der Waals surface area (Å²) >= 11 is 0. The van der Waals surface area contributed by atoms with E-state index in [1.54, 1.807) is 0 Å². The molecule has 2 atom stereocenters. The zero-order valence-corrected chi connectivity index (χ0v) is 36.4. The van der Waals surface area contributed by atoms with Crippen LogP contribution in [0.1, 0.15) is 233 Å². The normalized spacial score (nSPS) is 12.3. The van der Waals surface area contributed by atoms with Crippen molar-refractivity contribution in [3.63, 3.8) is 0 Å². The minimum Gasteiger partial charge on any atom is -0.498 e. The van der Waals surface area contributed by atoms with Gasteiger partial charge in [0.15, 0.2) is 0 Å². The van der Waals surface area contributed by atoms with E-state index >= 15 is 0 Å². The highest BCUT2D eigenvalue weighted by atomic mass is 16.5. The van der Waals surface area contributed by atoms with Gasteiger partial charge in [0.2, 0.25) is 11.8 Å². The summed E-state index contributed by atoms with van der Waals surface area (Å²) in [4.78, 5) is 37.3. The highest BCUT2D eigenvalue weighted by molar-refractivity contribution is 5.84. The predicted molar refractivity (Wildman–Crippen MR) is 229 cm³/mol. The lowest BCUT2D eigenvalue weighted by Gasteiger charge is -2.20. The van der Waals surface area contributed by atoms with Gasteiger partial charge in [0.25, 0.3) is 0 Å². The lowest BCUT2D eigenvalue weighted by atomic mass is 9.93. The maximum atomic E-state index is 12.8. The number of amides is 2. The van der Waals surface area contributed by atoms with E-state index in [2.05, 4.69) is 44.9 Å². The molecule has 0 saturated carbocycles. The third-order valence-electron chi connectivity index (χ3n) is 10.8. The SMILES string of the molecule is C=C(OCCCCCCCCNC(=O)CNC(=O)CCCOC(=O)C(CCCCCC)CCCCCCCC)C(CCCCCC)CCCCCCCC. The molecular formula is C47H90N2O5. The molecule has 0 radical (unpaired) electrons. The summed E-state index contributed by atoms with van der Waals surface area (Å²) in [7, 11) is 0. The van der Waals surface area contributed by atoms with Crippen molar-refractivity contribution in [2.24, 2.45) is 11.8 Å². The molecule has 0 saturated heterocycles. The molecule has 0 aliphatic carbocycles. The van der Waals surface area contributed by atoms with Gasteiger partial charge in [-0.15, -0.1) is 0 Å². The fourth-order valence-electron chi connectivity index (χ4n) is 7.16. The number of esters is 1. The van der Waals surface area contributed by atoms with Crippen LogP contribution in [-0.4, -0.2) is 44.1 Å². The molecule has 2 unspecified atom stereocenters. The first-order valence-electron chi connectivity index (χ1n) is 23.4. The standard InChI is InChI=1S/C47H90N2O5/c1-6-10-14-18-22-28-34-43(33-26-16-12-8-3)42(5)53-39-31-25-21-20-24-30-38-48-46(51)41-49-45(50)37-32-40-54-47(52)44(35-27-17-13-9-4)36-29-23-19-15-11-7-2/h43-44H,5-41H2,1-4H3,(H,48,51)(H,49,50). The van der Waals surface area contributed by atoms with E-state index in [9.17, 15) is 14.4 Å². The second kappa shape index (κ2) is 40.6. The maximum Gasteiger partial charge on any atom is 0.308 e. The van der Waals surface area contributed by atoms with E-state index in [0.29, 0.717) is 18.9 Å². The molecule has 0 aromatic rings. The lowest BCUT2D eigenvalue weighted by Crippen LogP contribution is -2.37. The molecular weight excluding hydrogens is 673 g/mol. The van der Waals surface area contributed by atoms with E-state index in [1.165, 1.54) is 128 Å². The first kappa shape index (κ1) is 52.0. The van der Waals surface area contributed by atoms with Gasteiger partial charge in [0, 0.05) is 18.9 Å². The van der Waals surface area contributed by atoms with Crippen LogP contribution in [0.2, 0.25) is 0 Å². The van der Waals surface area contributed by atoms with E-state index in [0.717, 1.165) is 76.6 Å².